The molecule has 0 saturated carbocycles. The maximum absolute atomic E-state index is 11.8. The van der Waals surface area contributed by atoms with Crippen LogP contribution in [0.4, 0.5) is 0 Å². The standard InChI is InChI=1S/C12H17N3O/c1-7(2)9-5-10-13-12(8(3)4)14-15(10)11(16)6-9/h5-8H,1-4H3,(H,13,14). The van der Waals surface area contributed by atoms with E-state index in [1.165, 1.54) is 4.52 Å². The molecule has 4 heteroatoms. The number of pyridine rings is 1. The first-order valence-electron chi connectivity index (χ1n) is 5.61. The molecule has 0 aliphatic carbocycles. The number of rotatable bonds is 2. The van der Waals surface area contributed by atoms with Crippen LogP contribution in [0.15, 0.2) is 16.9 Å². The van der Waals surface area contributed by atoms with Gasteiger partial charge in [0.05, 0.1) is 0 Å². The molecule has 16 heavy (non-hydrogen) atoms. The Morgan fingerprint density at radius 1 is 1.19 bits per heavy atom. The van der Waals surface area contributed by atoms with Crippen molar-refractivity contribution in [2.24, 2.45) is 0 Å². The van der Waals surface area contributed by atoms with Crippen LogP contribution in [0.2, 0.25) is 0 Å². The summed E-state index contributed by atoms with van der Waals surface area (Å²) in [6.07, 6.45) is 0. The lowest BCUT2D eigenvalue weighted by Gasteiger charge is -2.03. The molecule has 0 saturated heterocycles. The van der Waals surface area contributed by atoms with Gasteiger partial charge >= 0.3 is 0 Å². The monoisotopic (exact) mass is 219 g/mol. The van der Waals surface area contributed by atoms with E-state index in [2.05, 4.69) is 23.9 Å². The Bertz CT molecular complexity index is 563. The fraction of sp³-hybridized carbons (Fsp3) is 0.500. The van der Waals surface area contributed by atoms with Crippen LogP contribution in [0.25, 0.3) is 5.65 Å². The Labute approximate surface area is 94.3 Å². The fourth-order valence-corrected chi connectivity index (χ4v) is 1.62. The summed E-state index contributed by atoms with van der Waals surface area (Å²) in [5.41, 5.74) is 1.70. The van der Waals surface area contributed by atoms with Crippen LogP contribution in [0.5, 0.6) is 0 Å². The van der Waals surface area contributed by atoms with Crippen LogP contribution < -0.4 is 5.56 Å². The molecule has 1 N–H and O–H groups in total. The second-order valence-electron chi connectivity index (χ2n) is 4.74. The van der Waals surface area contributed by atoms with Gasteiger partial charge in [-0.1, -0.05) is 27.7 Å². The summed E-state index contributed by atoms with van der Waals surface area (Å²) < 4.78 is 1.50. The van der Waals surface area contributed by atoms with Crippen molar-refractivity contribution >= 4 is 5.65 Å². The largest absolute Gasteiger partial charge is 0.276 e. The minimum Gasteiger partial charge on any atom is -0.276 e. The van der Waals surface area contributed by atoms with E-state index in [-0.39, 0.29) is 5.56 Å². The number of aromatic amines is 1. The van der Waals surface area contributed by atoms with Crippen molar-refractivity contribution in [2.45, 2.75) is 39.5 Å². The van der Waals surface area contributed by atoms with Crippen molar-refractivity contribution < 1.29 is 0 Å². The van der Waals surface area contributed by atoms with Crippen LogP contribution in [-0.4, -0.2) is 14.6 Å². The van der Waals surface area contributed by atoms with Gasteiger partial charge < -0.3 is 0 Å². The minimum absolute atomic E-state index is 0.0411. The van der Waals surface area contributed by atoms with Crippen molar-refractivity contribution in [1.29, 1.82) is 0 Å². The van der Waals surface area contributed by atoms with E-state index in [0.717, 1.165) is 11.4 Å². The first kappa shape index (κ1) is 10.9. The highest BCUT2D eigenvalue weighted by atomic mass is 16.1. The summed E-state index contributed by atoms with van der Waals surface area (Å²) in [4.78, 5) is 16.3. The molecule has 2 heterocycles. The molecule has 86 valence electrons. The van der Waals surface area contributed by atoms with E-state index < -0.39 is 0 Å². The van der Waals surface area contributed by atoms with Gasteiger partial charge in [-0.2, -0.15) is 0 Å². The predicted molar refractivity (Wildman–Crippen MR) is 64.0 cm³/mol. The Balaban J connectivity index is 2.68. The number of H-pyrrole nitrogens is 1. The normalized spacial score (nSPS) is 11.9. The van der Waals surface area contributed by atoms with Gasteiger partial charge in [-0.3, -0.25) is 9.89 Å². The molecule has 2 aromatic rings. The first-order valence-corrected chi connectivity index (χ1v) is 5.61. The molecular formula is C12H17N3O. The predicted octanol–water partition coefficient (Wildman–Crippen LogP) is 2.27. The third-order valence-electron chi connectivity index (χ3n) is 2.71. The number of fused-ring (bicyclic) bond motifs is 1. The Morgan fingerprint density at radius 3 is 2.44 bits per heavy atom. The quantitative estimate of drug-likeness (QED) is 0.842. The molecule has 4 nitrogen and oxygen atoms in total. The number of hydrogen-bond donors (Lipinski definition) is 1. The van der Waals surface area contributed by atoms with Crippen molar-refractivity contribution in [2.75, 3.05) is 0 Å². The van der Waals surface area contributed by atoms with Gasteiger partial charge in [0.25, 0.3) is 5.56 Å². The summed E-state index contributed by atoms with van der Waals surface area (Å²) >= 11 is 0. The first-order chi connectivity index (χ1) is 7.49. The van der Waals surface area contributed by atoms with Crippen molar-refractivity contribution in [3.05, 3.63) is 33.9 Å². The van der Waals surface area contributed by atoms with E-state index in [1.54, 1.807) is 6.07 Å². The molecule has 2 aromatic heterocycles. The summed E-state index contributed by atoms with van der Waals surface area (Å²) in [6, 6.07) is 3.63. The third kappa shape index (κ3) is 1.75. The van der Waals surface area contributed by atoms with Gasteiger partial charge in [0.15, 0.2) is 5.65 Å². The highest BCUT2D eigenvalue weighted by Crippen LogP contribution is 2.15. The van der Waals surface area contributed by atoms with Gasteiger partial charge in [0.2, 0.25) is 0 Å². The second kappa shape index (κ2) is 3.77. The van der Waals surface area contributed by atoms with Gasteiger partial charge in [-0.25, -0.2) is 9.50 Å². The van der Waals surface area contributed by atoms with E-state index >= 15 is 0 Å². The Morgan fingerprint density at radius 2 is 1.88 bits per heavy atom. The molecule has 0 spiro atoms. The van der Waals surface area contributed by atoms with Gasteiger partial charge in [0, 0.05) is 12.0 Å². The number of hydrogen-bond acceptors (Lipinski definition) is 2. The zero-order chi connectivity index (χ0) is 11.9. The smallest absolute Gasteiger partial charge is 0.271 e. The highest BCUT2D eigenvalue weighted by molar-refractivity contribution is 5.41. The lowest BCUT2D eigenvalue weighted by Crippen LogP contribution is -2.14. The topological polar surface area (TPSA) is 50.2 Å². The van der Waals surface area contributed by atoms with Crippen LogP contribution in [-0.2, 0) is 0 Å². The van der Waals surface area contributed by atoms with Crippen LogP contribution >= 0.6 is 0 Å². The molecule has 0 aliphatic heterocycles. The summed E-state index contributed by atoms with van der Waals surface area (Å²) in [6.45, 7) is 8.24. The van der Waals surface area contributed by atoms with Crippen molar-refractivity contribution in [3.8, 4) is 0 Å². The minimum atomic E-state index is -0.0411. The zero-order valence-corrected chi connectivity index (χ0v) is 10.1. The van der Waals surface area contributed by atoms with E-state index in [0.29, 0.717) is 17.5 Å². The van der Waals surface area contributed by atoms with Crippen LogP contribution in [0.1, 0.15) is 50.9 Å². The fourth-order valence-electron chi connectivity index (χ4n) is 1.62. The molecule has 0 aromatic carbocycles. The highest BCUT2D eigenvalue weighted by Gasteiger charge is 2.09. The number of nitrogens with one attached hydrogen (secondary N) is 1. The van der Waals surface area contributed by atoms with Gasteiger partial charge in [-0.05, 0) is 17.5 Å². The van der Waals surface area contributed by atoms with E-state index in [4.69, 9.17) is 0 Å². The molecule has 0 atom stereocenters. The average molecular weight is 219 g/mol. The van der Waals surface area contributed by atoms with E-state index in [1.807, 2.05) is 19.9 Å². The summed E-state index contributed by atoms with van der Waals surface area (Å²) in [7, 11) is 0. The molecule has 0 unspecified atom stereocenters. The van der Waals surface area contributed by atoms with Crippen LogP contribution in [0, 0.1) is 0 Å². The second-order valence-corrected chi connectivity index (χ2v) is 4.74. The van der Waals surface area contributed by atoms with Gasteiger partial charge in [-0.15, -0.1) is 0 Å². The molecule has 2 rings (SSSR count). The summed E-state index contributed by atoms with van der Waals surface area (Å²) in [5, 5.41) is 3.02. The third-order valence-corrected chi connectivity index (χ3v) is 2.71. The molecular weight excluding hydrogens is 202 g/mol. The molecule has 0 bridgehead atoms. The van der Waals surface area contributed by atoms with Crippen molar-refractivity contribution in [1.82, 2.24) is 14.6 Å². The lowest BCUT2D eigenvalue weighted by molar-refractivity contribution is 0.757. The Kier molecular flexibility index (Phi) is 2.58. The molecule has 0 radical (unpaired) electrons. The van der Waals surface area contributed by atoms with Crippen LogP contribution in [0.3, 0.4) is 0 Å². The number of nitrogens with zero attached hydrogens (tertiary/aromatic N) is 2. The summed E-state index contributed by atoms with van der Waals surface area (Å²) in [5.74, 6) is 1.48. The van der Waals surface area contributed by atoms with Crippen molar-refractivity contribution in [3.63, 3.8) is 0 Å². The lowest BCUT2D eigenvalue weighted by atomic mass is 10.1. The molecule has 0 aliphatic rings. The van der Waals surface area contributed by atoms with E-state index in [9.17, 15) is 4.79 Å². The Hall–Kier alpha value is -1.58. The maximum atomic E-state index is 11.8. The van der Waals surface area contributed by atoms with Gasteiger partial charge in [0.1, 0.15) is 5.82 Å². The maximum Gasteiger partial charge on any atom is 0.271 e. The number of aromatic nitrogens is 3. The zero-order valence-electron chi connectivity index (χ0n) is 10.1. The molecule has 0 amide bonds. The molecule has 0 fully saturated rings. The SMILES string of the molecule is CC(C)c1cc(=O)n2[nH]c(C(C)C)nc2c1. The average Bonchev–Trinajstić information content (AvgIpc) is 2.61.